The molecule has 2 rings (SSSR count). The molecule has 5 nitrogen and oxygen atoms in total. The first-order chi connectivity index (χ1) is 10.0. The molecule has 112 valence electrons. The highest BCUT2D eigenvalue weighted by Crippen LogP contribution is 2.26. The van der Waals surface area contributed by atoms with Crippen LogP contribution in [-0.4, -0.2) is 34.4 Å². The van der Waals surface area contributed by atoms with Crippen LogP contribution in [0.25, 0.3) is 10.1 Å². The molecule has 1 aromatic heterocycles. The lowest BCUT2D eigenvalue weighted by Crippen LogP contribution is -2.38. The van der Waals surface area contributed by atoms with Gasteiger partial charge in [-0.2, -0.15) is 0 Å². The van der Waals surface area contributed by atoms with Crippen LogP contribution in [0, 0.1) is 0 Å². The third kappa shape index (κ3) is 3.52. The van der Waals surface area contributed by atoms with E-state index in [9.17, 15) is 4.79 Å². The minimum Gasteiger partial charge on any atom is -0.409 e. The molecule has 0 aliphatic heterocycles. The Morgan fingerprint density at radius 3 is 2.76 bits per heavy atom. The molecular weight excluding hydrogens is 286 g/mol. The third-order valence-electron chi connectivity index (χ3n) is 3.26. The fourth-order valence-corrected chi connectivity index (χ4v) is 3.13. The predicted octanol–water partition coefficient (Wildman–Crippen LogP) is 2.89. The van der Waals surface area contributed by atoms with Crippen LogP contribution in [-0.2, 0) is 0 Å². The smallest absolute Gasteiger partial charge is 0.264 e. The molecule has 0 radical (unpaired) electrons. The van der Waals surface area contributed by atoms with Gasteiger partial charge in [-0.25, -0.2) is 0 Å². The molecule has 0 saturated carbocycles. The number of thiophene rings is 1. The Morgan fingerprint density at radius 1 is 1.43 bits per heavy atom. The quantitative estimate of drug-likeness (QED) is 0.386. The molecule has 0 unspecified atom stereocenters. The number of amidine groups is 1. The van der Waals surface area contributed by atoms with E-state index in [1.54, 1.807) is 4.90 Å². The summed E-state index contributed by atoms with van der Waals surface area (Å²) >= 11 is 1.49. The van der Waals surface area contributed by atoms with Gasteiger partial charge in [0.2, 0.25) is 0 Å². The molecule has 6 heteroatoms. The van der Waals surface area contributed by atoms with Gasteiger partial charge in [0, 0.05) is 23.7 Å². The number of carbonyl (C=O) groups is 1. The number of carbonyl (C=O) groups excluding carboxylic acids is 1. The second-order valence-corrected chi connectivity index (χ2v) is 6.17. The SMILES string of the molecule is CC(C)N(CCC(N)=NO)C(=O)c1cc2ccccc2s1. The number of fused-ring (bicyclic) bond motifs is 1. The van der Waals surface area contributed by atoms with Gasteiger partial charge in [-0.1, -0.05) is 23.4 Å². The highest BCUT2D eigenvalue weighted by Gasteiger charge is 2.20. The molecule has 3 N–H and O–H groups in total. The van der Waals surface area contributed by atoms with Crippen LogP contribution in [0.1, 0.15) is 29.9 Å². The Labute approximate surface area is 127 Å². The van der Waals surface area contributed by atoms with Gasteiger partial charge in [-0.3, -0.25) is 4.79 Å². The average Bonchev–Trinajstić information content (AvgIpc) is 2.90. The van der Waals surface area contributed by atoms with Crippen LogP contribution in [0.15, 0.2) is 35.5 Å². The van der Waals surface area contributed by atoms with Gasteiger partial charge in [0.05, 0.1) is 4.88 Å². The topological polar surface area (TPSA) is 78.9 Å². The highest BCUT2D eigenvalue weighted by molar-refractivity contribution is 7.20. The van der Waals surface area contributed by atoms with Crippen LogP contribution in [0.5, 0.6) is 0 Å². The molecule has 0 spiro atoms. The Kier molecular flexibility index (Phi) is 4.80. The number of nitrogens with two attached hydrogens (primary N) is 1. The minimum absolute atomic E-state index is 0.0167. The summed E-state index contributed by atoms with van der Waals surface area (Å²) in [7, 11) is 0. The van der Waals surface area contributed by atoms with E-state index in [0.29, 0.717) is 17.8 Å². The van der Waals surface area contributed by atoms with E-state index < -0.39 is 0 Å². The summed E-state index contributed by atoms with van der Waals surface area (Å²) in [6, 6.07) is 9.90. The van der Waals surface area contributed by atoms with Crippen molar-refractivity contribution in [3.8, 4) is 0 Å². The first-order valence-corrected chi connectivity index (χ1v) is 7.60. The molecule has 2 aromatic rings. The van der Waals surface area contributed by atoms with Crippen LogP contribution in [0.4, 0.5) is 0 Å². The maximum absolute atomic E-state index is 12.6. The molecule has 0 aliphatic carbocycles. The molecule has 1 heterocycles. The van der Waals surface area contributed by atoms with Gasteiger partial charge in [0.1, 0.15) is 5.84 Å². The summed E-state index contributed by atoms with van der Waals surface area (Å²) in [6.45, 7) is 4.34. The van der Waals surface area contributed by atoms with Gasteiger partial charge in [0.25, 0.3) is 5.91 Å². The fraction of sp³-hybridized carbons (Fsp3) is 0.333. The number of benzene rings is 1. The number of hydrogen-bond acceptors (Lipinski definition) is 4. The Hall–Kier alpha value is -2.08. The molecule has 21 heavy (non-hydrogen) atoms. The van der Waals surface area contributed by atoms with Crippen LogP contribution < -0.4 is 5.73 Å². The largest absolute Gasteiger partial charge is 0.409 e. The summed E-state index contributed by atoms with van der Waals surface area (Å²) in [5, 5.41) is 12.6. The van der Waals surface area contributed by atoms with Crippen molar-refractivity contribution in [1.82, 2.24) is 4.90 Å². The van der Waals surface area contributed by atoms with E-state index in [2.05, 4.69) is 5.16 Å². The minimum atomic E-state index is -0.0167. The Morgan fingerprint density at radius 2 is 2.14 bits per heavy atom. The number of nitrogens with zero attached hydrogens (tertiary/aromatic N) is 2. The summed E-state index contributed by atoms with van der Waals surface area (Å²) in [5.74, 6) is 0.113. The van der Waals surface area contributed by atoms with E-state index in [-0.39, 0.29) is 17.8 Å². The lowest BCUT2D eigenvalue weighted by molar-refractivity contribution is 0.0716. The zero-order valence-corrected chi connectivity index (χ0v) is 12.9. The summed E-state index contributed by atoms with van der Waals surface area (Å²) in [5.41, 5.74) is 5.49. The van der Waals surface area contributed by atoms with Crippen LogP contribution >= 0.6 is 11.3 Å². The summed E-state index contributed by atoms with van der Waals surface area (Å²) in [6.07, 6.45) is 0.352. The van der Waals surface area contributed by atoms with Gasteiger partial charge >= 0.3 is 0 Å². The van der Waals surface area contributed by atoms with E-state index in [4.69, 9.17) is 10.9 Å². The number of amides is 1. The summed E-state index contributed by atoms with van der Waals surface area (Å²) in [4.78, 5) is 15.1. The van der Waals surface area contributed by atoms with E-state index >= 15 is 0 Å². The van der Waals surface area contributed by atoms with Crippen molar-refractivity contribution in [2.75, 3.05) is 6.54 Å². The molecule has 0 bridgehead atoms. The van der Waals surface area contributed by atoms with Crippen LogP contribution in [0.2, 0.25) is 0 Å². The second-order valence-electron chi connectivity index (χ2n) is 5.08. The molecule has 1 amide bonds. The maximum Gasteiger partial charge on any atom is 0.264 e. The maximum atomic E-state index is 12.6. The van der Waals surface area contributed by atoms with E-state index in [1.165, 1.54) is 11.3 Å². The van der Waals surface area contributed by atoms with Crippen molar-refractivity contribution in [1.29, 1.82) is 0 Å². The molecule has 1 aromatic carbocycles. The first kappa shape index (κ1) is 15.3. The number of hydrogen-bond donors (Lipinski definition) is 2. The average molecular weight is 305 g/mol. The Balaban J connectivity index is 2.21. The molecule has 0 aliphatic rings. The number of oxime groups is 1. The lowest BCUT2D eigenvalue weighted by Gasteiger charge is -2.26. The standard InChI is InChI=1S/C15H19N3O2S/c1-10(2)18(8-7-14(16)17-20)15(19)13-9-11-5-3-4-6-12(11)21-13/h3-6,9-10,20H,7-8H2,1-2H3,(H2,16,17). The predicted molar refractivity (Wildman–Crippen MR) is 86.0 cm³/mol. The van der Waals surface area contributed by atoms with Gasteiger partial charge < -0.3 is 15.8 Å². The fourth-order valence-electron chi connectivity index (χ4n) is 2.11. The van der Waals surface area contributed by atoms with Gasteiger partial charge in [-0.15, -0.1) is 11.3 Å². The monoisotopic (exact) mass is 305 g/mol. The van der Waals surface area contributed by atoms with Crippen molar-refractivity contribution >= 4 is 33.2 Å². The lowest BCUT2D eigenvalue weighted by atomic mass is 10.2. The molecular formula is C15H19N3O2S. The molecule has 0 fully saturated rings. The van der Waals surface area contributed by atoms with E-state index in [1.807, 2.05) is 44.2 Å². The highest BCUT2D eigenvalue weighted by atomic mass is 32.1. The molecule has 0 atom stereocenters. The van der Waals surface area contributed by atoms with Crippen molar-refractivity contribution < 1.29 is 10.0 Å². The van der Waals surface area contributed by atoms with Crippen molar-refractivity contribution in [2.24, 2.45) is 10.9 Å². The third-order valence-corrected chi connectivity index (χ3v) is 4.36. The van der Waals surface area contributed by atoms with Gasteiger partial charge in [0.15, 0.2) is 0 Å². The normalized spacial score (nSPS) is 12.0. The van der Waals surface area contributed by atoms with E-state index in [0.717, 1.165) is 10.1 Å². The van der Waals surface area contributed by atoms with Crippen LogP contribution in [0.3, 0.4) is 0 Å². The Bertz CT molecular complexity index is 631. The van der Waals surface area contributed by atoms with Gasteiger partial charge in [-0.05, 0) is 31.4 Å². The van der Waals surface area contributed by atoms with Crippen molar-refractivity contribution in [2.45, 2.75) is 26.3 Å². The second kappa shape index (κ2) is 6.58. The summed E-state index contributed by atoms with van der Waals surface area (Å²) < 4.78 is 1.10. The zero-order valence-electron chi connectivity index (χ0n) is 12.1. The van der Waals surface area contributed by atoms with Crippen molar-refractivity contribution in [3.63, 3.8) is 0 Å². The number of rotatable bonds is 5. The first-order valence-electron chi connectivity index (χ1n) is 6.79. The zero-order chi connectivity index (χ0) is 15.4. The van der Waals surface area contributed by atoms with Crippen molar-refractivity contribution in [3.05, 3.63) is 35.2 Å². The molecule has 0 saturated heterocycles.